The summed E-state index contributed by atoms with van der Waals surface area (Å²) >= 11 is 0. The van der Waals surface area contributed by atoms with Crippen LogP contribution in [0.25, 0.3) is 0 Å². The zero-order chi connectivity index (χ0) is 38.0. The van der Waals surface area contributed by atoms with Gasteiger partial charge in [-0.25, -0.2) is 0 Å². The molecule has 0 heterocycles. The van der Waals surface area contributed by atoms with E-state index in [0.29, 0.717) is 18.5 Å². The maximum atomic E-state index is 13.7. The van der Waals surface area contributed by atoms with Gasteiger partial charge in [-0.3, -0.25) is 34.2 Å². The number of likely N-dealkylation sites (N-methyl/N-ethyl adjacent to an activating group) is 1. The van der Waals surface area contributed by atoms with Gasteiger partial charge in [-0.2, -0.15) is 0 Å². The second-order valence-electron chi connectivity index (χ2n) is 13.1. The number of rotatable bonds is 22. The number of nitrogens with one attached hydrogen (secondary N) is 7. The van der Waals surface area contributed by atoms with E-state index in [2.05, 4.69) is 31.9 Å². The van der Waals surface area contributed by atoms with Crippen molar-refractivity contribution in [3.63, 3.8) is 0 Å². The average Bonchev–Trinajstić information content (AvgIpc) is 3.03. The highest BCUT2D eigenvalue weighted by atomic mass is 16.3. The van der Waals surface area contributed by atoms with E-state index in [1.165, 1.54) is 19.2 Å². The molecule has 0 aliphatic heterocycles. The molecule has 0 bridgehead atoms. The lowest BCUT2D eigenvalue weighted by molar-refractivity contribution is -0.135. The average molecular weight is 705 g/mol. The third-order valence-electron chi connectivity index (χ3n) is 7.59. The zero-order valence-electron chi connectivity index (χ0n) is 29.6. The quantitative estimate of drug-likeness (QED) is 0.0380. The minimum atomic E-state index is -1.30. The van der Waals surface area contributed by atoms with E-state index in [4.69, 9.17) is 22.6 Å². The fourth-order valence-corrected chi connectivity index (χ4v) is 4.98. The zero-order valence-corrected chi connectivity index (χ0v) is 29.6. The fraction of sp³-hybridized carbons (Fsp3) is 0.606. The molecule has 5 atom stereocenters. The monoisotopic (exact) mass is 704 g/mol. The number of primary amides is 1. The van der Waals surface area contributed by atoms with Crippen LogP contribution in [0.4, 0.5) is 0 Å². The van der Waals surface area contributed by atoms with Gasteiger partial charge in [-0.1, -0.05) is 39.8 Å². The van der Waals surface area contributed by atoms with Crippen molar-refractivity contribution in [2.75, 3.05) is 13.6 Å². The lowest BCUT2D eigenvalue weighted by atomic mass is 9.99. The van der Waals surface area contributed by atoms with Crippen LogP contribution in [-0.4, -0.2) is 90.3 Å². The van der Waals surface area contributed by atoms with Crippen molar-refractivity contribution < 1.29 is 33.9 Å². The molecule has 1 aromatic rings. The third kappa shape index (κ3) is 16.9. The molecule has 0 aliphatic carbocycles. The molecule has 17 heteroatoms. The molecule has 280 valence electrons. The first-order valence-electron chi connectivity index (χ1n) is 16.8. The van der Waals surface area contributed by atoms with Crippen molar-refractivity contribution in [1.82, 2.24) is 31.9 Å². The van der Waals surface area contributed by atoms with Crippen molar-refractivity contribution in [3.8, 4) is 5.75 Å². The van der Waals surface area contributed by atoms with Crippen molar-refractivity contribution in [2.24, 2.45) is 29.0 Å². The Morgan fingerprint density at radius 2 is 1.20 bits per heavy atom. The summed E-state index contributed by atoms with van der Waals surface area (Å²) < 4.78 is 0. The minimum Gasteiger partial charge on any atom is -0.508 e. The van der Waals surface area contributed by atoms with Crippen molar-refractivity contribution in [2.45, 2.75) is 103 Å². The maximum absolute atomic E-state index is 13.7. The molecule has 6 amide bonds. The van der Waals surface area contributed by atoms with Crippen LogP contribution in [0.3, 0.4) is 0 Å². The predicted molar refractivity (Wildman–Crippen MR) is 188 cm³/mol. The van der Waals surface area contributed by atoms with Crippen molar-refractivity contribution in [1.29, 1.82) is 5.41 Å². The molecule has 0 unspecified atom stereocenters. The summed E-state index contributed by atoms with van der Waals surface area (Å²) in [6, 6.07) is 0.643. The van der Waals surface area contributed by atoms with Crippen LogP contribution in [0, 0.1) is 17.2 Å². The number of hydrogen-bond acceptors (Lipinski definition) is 9. The molecule has 14 N–H and O–H groups in total. The summed E-state index contributed by atoms with van der Waals surface area (Å²) in [7, 11) is 1.40. The Hall–Kier alpha value is -4.93. The Kier molecular flexibility index (Phi) is 18.9. The number of benzene rings is 1. The summed E-state index contributed by atoms with van der Waals surface area (Å²) in [6.45, 7) is 7.77. The molecule has 0 radical (unpaired) electrons. The van der Waals surface area contributed by atoms with Crippen LogP contribution in [-0.2, 0) is 35.2 Å². The van der Waals surface area contributed by atoms with Gasteiger partial charge in [0.1, 0.15) is 29.9 Å². The number of aromatic hydroxyl groups is 1. The minimum absolute atomic E-state index is 0.0175. The highest BCUT2D eigenvalue weighted by molar-refractivity contribution is 5.96. The van der Waals surface area contributed by atoms with E-state index in [9.17, 15) is 33.9 Å². The Balaban J connectivity index is 3.16. The first-order chi connectivity index (χ1) is 23.4. The largest absolute Gasteiger partial charge is 0.508 e. The van der Waals surface area contributed by atoms with Crippen molar-refractivity contribution >= 4 is 41.4 Å². The molecule has 0 fully saturated rings. The van der Waals surface area contributed by atoms with Crippen LogP contribution in [0.15, 0.2) is 24.3 Å². The number of nitrogens with two attached hydrogens (primary N) is 3. The highest BCUT2D eigenvalue weighted by Crippen LogP contribution is 2.13. The normalized spacial score (nSPS) is 14.0. The first-order valence-corrected chi connectivity index (χ1v) is 16.8. The molecular formula is C33H56N10O7. The number of phenols is 1. The number of carbonyl (C=O) groups is 6. The van der Waals surface area contributed by atoms with Crippen LogP contribution >= 0.6 is 0 Å². The SMILES string of the molecule is CNC(=O)[C@H](Cc1ccc(O)cc1)NC(=O)[C@H](CCC(N)=O)NC(=O)[C@H](CC(C)C)NC(=O)[C@H](CC(C)C)NC(=O)[C@@H](N)CCCNC(=N)N. The van der Waals surface area contributed by atoms with Crippen LogP contribution in [0.5, 0.6) is 5.75 Å². The van der Waals surface area contributed by atoms with Gasteiger partial charge >= 0.3 is 0 Å². The molecule has 0 saturated heterocycles. The second kappa shape index (κ2) is 21.9. The van der Waals surface area contributed by atoms with Gasteiger partial charge in [0.15, 0.2) is 5.96 Å². The third-order valence-corrected chi connectivity index (χ3v) is 7.59. The topological polar surface area (TPSA) is 297 Å². The standard InChI is InChI=1S/C33H56N10O7/c1-18(2)15-24(41-28(46)22(34)7-6-14-39-33(36)37)32(50)42-25(16-19(3)4)31(49)40-23(12-13-27(35)45)30(48)43-26(29(47)38-5)17-20-8-10-21(44)11-9-20/h8-11,18-19,22-26,44H,6-7,12-17,34H2,1-5H3,(H2,35,45)(H,38,47)(H,40,49)(H,41,46)(H,42,50)(H,43,48)(H4,36,37,39)/t22-,23-,24-,25-,26-/m0/s1. The van der Waals surface area contributed by atoms with Gasteiger partial charge in [0.25, 0.3) is 0 Å². The Bertz CT molecular complexity index is 1310. The Labute approximate surface area is 293 Å². The fourth-order valence-electron chi connectivity index (χ4n) is 4.98. The predicted octanol–water partition coefficient (Wildman–Crippen LogP) is -1.43. The van der Waals surface area contributed by atoms with Gasteiger partial charge in [-0.05, 0) is 61.6 Å². The second-order valence-corrected chi connectivity index (χ2v) is 13.1. The van der Waals surface area contributed by atoms with Gasteiger partial charge < -0.3 is 54.2 Å². The van der Waals surface area contributed by atoms with E-state index >= 15 is 0 Å². The maximum Gasteiger partial charge on any atom is 0.243 e. The van der Waals surface area contributed by atoms with Crippen LogP contribution in [0.2, 0.25) is 0 Å². The molecule has 0 spiro atoms. The van der Waals surface area contributed by atoms with Crippen LogP contribution < -0.4 is 49.1 Å². The molecule has 1 rings (SSSR count). The molecule has 17 nitrogen and oxygen atoms in total. The summed E-state index contributed by atoms with van der Waals surface area (Å²) in [5.41, 5.74) is 17.3. The molecule has 0 aliphatic rings. The summed E-state index contributed by atoms with van der Waals surface area (Å²) in [4.78, 5) is 78.0. The summed E-state index contributed by atoms with van der Waals surface area (Å²) in [5, 5.41) is 32.6. The Morgan fingerprint density at radius 3 is 1.68 bits per heavy atom. The number of phenolic OH excluding ortho intramolecular Hbond substituents is 1. The number of amides is 6. The summed E-state index contributed by atoms with van der Waals surface area (Å²) in [5.74, 6) is -4.13. The van der Waals surface area contributed by atoms with Crippen LogP contribution in [0.1, 0.15) is 71.8 Å². The van der Waals surface area contributed by atoms with Gasteiger partial charge in [-0.15, -0.1) is 0 Å². The van der Waals surface area contributed by atoms with Gasteiger partial charge in [0.2, 0.25) is 35.4 Å². The summed E-state index contributed by atoms with van der Waals surface area (Å²) in [6.07, 6.45) is 0.779. The molecule has 50 heavy (non-hydrogen) atoms. The number of hydrogen-bond donors (Lipinski definition) is 11. The number of guanidine groups is 1. The molecule has 1 aromatic carbocycles. The van der Waals surface area contributed by atoms with Gasteiger partial charge in [0, 0.05) is 26.4 Å². The van der Waals surface area contributed by atoms with E-state index in [0.717, 1.165) is 0 Å². The smallest absolute Gasteiger partial charge is 0.243 e. The van der Waals surface area contributed by atoms with Crippen molar-refractivity contribution in [3.05, 3.63) is 29.8 Å². The molecule has 0 saturated carbocycles. The van der Waals surface area contributed by atoms with E-state index in [1.54, 1.807) is 12.1 Å². The highest BCUT2D eigenvalue weighted by Gasteiger charge is 2.32. The van der Waals surface area contributed by atoms with E-state index in [1.807, 2.05) is 27.7 Å². The Morgan fingerprint density at radius 1 is 0.720 bits per heavy atom. The molecular weight excluding hydrogens is 648 g/mol. The number of carbonyl (C=O) groups excluding carboxylic acids is 6. The van der Waals surface area contributed by atoms with E-state index in [-0.39, 0.29) is 62.1 Å². The lowest BCUT2D eigenvalue weighted by Gasteiger charge is -2.28. The lowest BCUT2D eigenvalue weighted by Crippen LogP contribution is -2.59. The van der Waals surface area contributed by atoms with Gasteiger partial charge in [0.05, 0.1) is 6.04 Å². The molecule has 0 aromatic heterocycles. The first kappa shape index (κ1) is 43.1. The van der Waals surface area contributed by atoms with E-state index < -0.39 is 65.7 Å².